The van der Waals surface area contributed by atoms with Gasteiger partial charge in [0.1, 0.15) is 12.1 Å². The molecule has 0 bridgehead atoms. The molecule has 0 aliphatic heterocycles. The Morgan fingerprint density at radius 1 is 0.604 bits per heavy atom. The predicted molar refractivity (Wildman–Crippen MR) is 204 cm³/mol. The molecule has 0 spiro atoms. The molecule has 0 aromatic carbocycles. The van der Waals surface area contributed by atoms with Gasteiger partial charge in [-0.05, 0) is 77.0 Å². The number of hydrogen-bond acceptors (Lipinski definition) is 4. The van der Waals surface area contributed by atoms with Gasteiger partial charge in [-0.1, -0.05) is 147 Å². The summed E-state index contributed by atoms with van der Waals surface area (Å²) in [5.74, 6) is -2.19. The largest absolute Gasteiger partial charge is 0.481 e. The number of aliphatic carboxylic acids is 1. The normalized spacial score (nSPS) is 12.9. The number of carbonyl (C=O) groups is 2. The van der Waals surface area contributed by atoms with E-state index < -0.39 is 30.4 Å². The molecular formula is C41H77N3O4. The van der Waals surface area contributed by atoms with Crippen LogP contribution in [-0.4, -0.2) is 35.2 Å². The monoisotopic (exact) mass is 676 g/mol. The lowest BCUT2D eigenvalue weighted by atomic mass is 10.0. The van der Waals surface area contributed by atoms with Gasteiger partial charge in [-0.3, -0.25) is 10.2 Å². The van der Waals surface area contributed by atoms with Crippen molar-refractivity contribution in [1.82, 2.24) is 5.32 Å². The number of carboxylic acid groups (broad SMARTS) is 1. The Labute approximate surface area is 296 Å². The summed E-state index contributed by atoms with van der Waals surface area (Å²) in [5, 5.41) is 19.1. The third-order valence-electron chi connectivity index (χ3n) is 9.10. The second-order valence-electron chi connectivity index (χ2n) is 13.9. The van der Waals surface area contributed by atoms with Gasteiger partial charge in [0.2, 0.25) is 0 Å². The number of guanidine groups is 1. The van der Waals surface area contributed by atoms with Crippen LogP contribution >= 0.6 is 0 Å². The molecule has 7 nitrogen and oxygen atoms in total. The number of ether oxygens (including phenoxy) is 1. The van der Waals surface area contributed by atoms with Crippen molar-refractivity contribution in [1.29, 1.82) is 5.41 Å². The zero-order valence-corrected chi connectivity index (χ0v) is 31.4. The third-order valence-corrected chi connectivity index (χ3v) is 9.10. The quantitative estimate of drug-likeness (QED) is 0.0172. The number of unbranched alkanes of at least 4 members (excludes halogenated alkanes) is 23. The Morgan fingerprint density at radius 3 is 1.27 bits per heavy atom. The number of nitrogens with two attached hydrogens (primary N) is 1. The van der Waals surface area contributed by atoms with Crippen molar-refractivity contribution in [3.05, 3.63) is 24.3 Å². The number of carbonyl (C=O) groups excluding carboxylic acids is 1. The summed E-state index contributed by atoms with van der Waals surface area (Å²) in [6.07, 6.45) is 44.0. The molecule has 7 heteroatoms. The van der Waals surface area contributed by atoms with E-state index in [0.717, 1.165) is 44.9 Å². The first kappa shape index (κ1) is 45.7. The second kappa shape index (κ2) is 36.0. The molecule has 0 saturated heterocycles. The first-order valence-electron chi connectivity index (χ1n) is 20.2. The number of carboxylic acids is 1. The smallest absolute Gasteiger partial charge is 0.329 e. The van der Waals surface area contributed by atoms with E-state index in [1.165, 1.54) is 141 Å². The summed E-state index contributed by atoms with van der Waals surface area (Å²) in [6.45, 7) is 4.52. The molecule has 0 aliphatic rings. The van der Waals surface area contributed by atoms with E-state index in [-0.39, 0.29) is 6.10 Å². The first-order valence-corrected chi connectivity index (χ1v) is 20.2. The minimum absolute atomic E-state index is 0.232. The van der Waals surface area contributed by atoms with E-state index in [9.17, 15) is 14.7 Å². The Kier molecular flexibility index (Phi) is 34.3. The maximum Gasteiger partial charge on any atom is 0.329 e. The average molecular weight is 676 g/mol. The van der Waals surface area contributed by atoms with Crippen molar-refractivity contribution in [3.8, 4) is 0 Å². The van der Waals surface area contributed by atoms with Crippen LogP contribution in [0.15, 0.2) is 24.3 Å². The molecule has 0 aromatic rings. The number of esters is 1. The van der Waals surface area contributed by atoms with Crippen molar-refractivity contribution in [2.45, 2.75) is 219 Å². The highest BCUT2D eigenvalue weighted by Gasteiger charge is 2.26. The second-order valence-corrected chi connectivity index (χ2v) is 13.9. The first-order chi connectivity index (χ1) is 23.4. The number of nitrogens with one attached hydrogen (secondary N) is 2. The van der Waals surface area contributed by atoms with Crippen LogP contribution in [0.3, 0.4) is 0 Å². The van der Waals surface area contributed by atoms with E-state index >= 15 is 0 Å². The molecule has 5 N–H and O–H groups in total. The summed E-state index contributed by atoms with van der Waals surface area (Å²) in [4.78, 5) is 24.1. The van der Waals surface area contributed by atoms with Crippen molar-refractivity contribution < 1.29 is 19.4 Å². The molecule has 0 aliphatic carbocycles. The Balaban J connectivity index is 4.30. The van der Waals surface area contributed by atoms with Gasteiger partial charge in [0.25, 0.3) is 0 Å². The van der Waals surface area contributed by atoms with Gasteiger partial charge in [-0.25, -0.2) is 4.79 Å². The fourth-order valence-corrected chi connectivity index (χ4v) is 6.13. The van der Waals surface area contributed by atoms with E-state index in [2.05, 4.69) is 43.5 Å². The van der Waals surface area contributed by atoms with Crippen LogP contribution in [0.2, 0.25) is 0 Å². The summed E-state index contributed by atoms with van der Waals surface area (Å²) < 4.78 is 5.82. The molecule has 48 heavy (non-hydrogen) atoms. The zero-order chi connectivity index (χ0) is 35.3. The number of hydrogen-bond donors (Lipinski definition) is 4. The molecule has 0 saturated carbocycles. The molecule has 2 atom stereocenters. The molecule has 2 unspecified atom stereocenters. The summed E-state index contributed by atoms with van der Waals surface area (Å²) in [6, 6.07) is -1.14. The van der Waals surface area contributed by atoms with Gasteiger partial charge < -0.3 is 20.9 Å². The standard InChI is InChI=1S/C41H77N3O4/c1-3-5-7-9-11-13-15-17-19-21-23-25-27-29-31-33-35-37(48-40(47)38(36-39(45)46)44-41(42)43)34-32-30-28-26-24-22-20-18-16-14-12-10-8-6-4-2/h17-20,37-38H,3-16,21-36H2,1-2H3,(H,45,46)(H4,42,43,44)/b19-17-,20-18-. The average Bonchev–Trinajstić information content (AvgIpc) is 3.05. The van der Waals surface area contributed by atoms with E-state index in [1.807, 2.05) is 0 Å². The fourth-order valence-electron chi connectivity index (χ4n) is 6.13. The van der Waals surface area contributed by atoms with Gasteiger partial charge in [-0.15, -0.1) is 0 Å². The maximum absolute atomic E-state index is 12.8. The van der Waals surface area contributed by atoms with E-state index in [4.69, 9.17) is 15.9 Å². The van der Waals surface area contributed by atoms with Gasteiger partial charge in [-0.2, -0.15) is 0 Å². The lowest BCUT2D eigenvalue weighted by Crippen LogP contribution is -2.46. The lowest BCUT2D eigenvalue weighted by molar-refractivity contribution is -0.155. The van der Waals surface area contributed by atoms with E-state index in [1.54, 1.807) is 0 Å². The minimum atomic E-state index is -1.14. The zero-order valence-electron chi connectivity index (χ0n) is 31.4. The topological polar surface area (TPSA) is 126 Å². The van der Waals surface area contributed by atoms with Crippen molar-refractivity contribution in [3.63, 3.8) is 0 Å². The molecule has 0 heterocycles. The van der Waals surface area contributed by atoms with Crippen LogP contribution in [0.5, 0.6) is 0 Å². The fraction of sp³-hybridized carbons (Fsp3) is 0.829. The SMILES string of the molecule is CCCCCCCC/C=C\CCCCCCCCC(CCCCCCC/C=C\CCCCCCCC)OC(=O)C(CC(=O)O)NC(=N)N. The summed E-state index contributed by atoms with van der Waals surface area (Å²) >= 11 is 0. The minimum Gasteiger partial charge on any atom is -0.481 e. The highest BCUT2D eigenvalue weighted by Crippen LogP contribution is 2.18. The number of allylic oxidation sites excluding steroid dienone is 4. The molecule has 0 rings (SSSR count). The van der Waals surface area contributed by atoms with Crippen LogP contribution in [0.25, 0.3) is 0 Å². The molecule has 280 valence electrons. The van der Waals surface area contributed by atoms with Crippen molar-refractivity contribution in [2.24, 2.45) is 5.73 Å². The van der Waals surface area contributed by atoms with Crippen LogP contribution in [-0.2, 0) is 14.3 Å². The third kappa shape index (κ3) is 33.6. The Bertz CT molecular complexity index is 798. The molecule has 0 aromatic heterocycles. The Hall–Kier alpha value is -2.31. The van der Waals surface area contributed by atoms with Crippen molar-refractivity contribution in [2.75, 3.05) is 0 Å². The van der Waals surface area contributed by atoms with Crippen LogP contribution < -0.4 is 11.1 Å². The van der Waals surface area contributed by atoms with Gasteiger partial charge >= 0.3 is 11.9 Å². The molecule has 0 amide bonds. The highest BCUT2D eigenvalue weighted by atomic mass is 16.5. The lowest BCUT2D eigenvalue weighted by Gasteiger charge is -2.22. The van der Waals surface area contributed by atoms with Gasteiger partial charge in [0.15, 0.2) is 5.96 Å². The molecule has 0 fully saturated rings. The van der Waals surface area contributed by atoms with Crippen LogP contribution in [0, 0.1) is 5.41 Å². The maximum atomic E-state index is 12.8. The van der Waals surface area contributed by atoms with Gasteiger partial charge in [0.05, 0.1) is 6.42 Å². The van der Waals surface area contributed by atoms with Crippen molar-refractivity contribution >= 4 is 17.9 Å². The molecule has 0 radical (unpaired) electrons. The number of rotatable bonds is 36. The van der Waals surface area contributed by atoms with Gasteiger partial charge in [0, 0.05) is 0 Å². The van der Waals surface area contributed by atoms with Crippen LogP contribution in [0.1, 0.15) is 206 Å². The Morgan fingerprint density at radius 2 is 0.938 bits per heavy atom. The summed E-state index contributed by atoms with van der Waals surface area (Å²) in [5.41, 5.74) is 5.40. The molecular weight excluding hydrogens is 598 g/mol. The predicted octanol–water partition coefficient (Wildman–Crippen LogP) is 11.7. The van der Waals surface area contributed by atoms with E-state index in [0.29, 0.717) is 0 Å². The summed E-state index contributed by atoms with van der Waals surface area (Å²) in [7, 11) is 0. The highest BCUT2D eigenvalue weighted by molar-refractivity contribution is 5.87. The van der Waals surface area contributed by atoms with Crippen LogP contribution in [0.4, 0.5) is 0 Å².